The molecular weight excluding hydrogens is 200 g/mol. The molecule has 0 fully saturated rings. The van der Waals surface area contributed by atoms with Crippen LogP contribution >= 0.6 is 12.2 Å². The molecule has 0 bridgehead atoms. The lowest BCUT2D eigenvalue weighted by molar-refractivity contribution is -0.475. The van der Waals surface area contributed by atoms with Crippen LogP contribution in [-0.2, 0) is 0 Å². The standard InChI is InChI=1S/C7H5NS.C2H5NO2/c9-6-8-7-4-2-1-3-5-7;1-2-3(4)5/h1-5H;2H2,1H3. The van der Waals surface area contributed by atoms with Crippen molar-refractivity contribution in [1.29, 1.82) is 0 Å². The van der Waals surface area contributed by atoms with E-state index in [1.165, 1.54) is 6.92 Å². The van der Waals surface area contributed by atoms with Crippen molar-refractivity contribution in [3.8, 4) is 0 Å². The molecule has 4 nitrogen and oxygen atoms in total. The Hall–Kier alpha value is -1.58. The van der Waals surface area contributed by atoms with Crippen LogP contribution < -0.4 is 0 Å². The Morgan fingerprint density at radius 2 is 2.00 bits per heavy atom. The van der Waals surface area contributed by atoms with Crippen molar-refractivity contribution in [2.45, 2.75) is 6.92 Å². The lowest BCUT2D eigenvalue weighted by Gasteiger charge is -1.83. The summed E-state index contributed by atoms with van der Waals surface area (Å²) in [4.78, 5) is 12.6. The number of benzene rings is 1. The molecule has 0 radical (unpaired) electrons. The molecule has 1 aromatic carbocycles. The first-order chi connectivity index (χ1) is 6.70. The zero-order chi connectivity index (χ0) is 10.8. The third-order valence-electron chi connectivity index (χ3n) is 1.19. The Balaban J connectivity index is 0.000000292. The third-order valence-corrected chi connectivity index (χ3v) is 1.28. The summed E-state index contributed by atoms with van der Waals surface area (Å²) < 4.78 is 0. The summed E-state index contributed by atoms with van der Waals surface area (Å²) in [5.41, 5.74) is 0.854. The van der Waals surface area contributed by atoms with Crippen LogP contribution in [0.5, 0.6) is 0 Å². The van der Waals surface area contributed by atoms with E-state index in [1.807, 2.05) is 30.3 Å². The fourth-order valence-electron chi connectivity index (χ4n) is 0.555. The Morgan fingerprint density at radius 1 is 1.50 bits per heavy atom. The van der Waals surface area contributed by atoms with Crippen LogP contribution in [-0.4, -0.2) is 16.6 Å². The molecule has 0 aromatic heterocycles. The van der Waals surface area contributed by atoms with Gasteiger partial charge in [-0.25, -0.2) is 0 Å². The van der Waals surface area contributed by atoms with E-state index in [4.69, 9.17) is 0 Å². The highest BCUT2D eigenvalue weighted by atomic mass is 32.1. The summed E-state index contributed by atoms with van der Waals surface area (Å²) in [6, 6.07) is 9.50. The molecule has 0 saturated carbocycles. The van der Waals surface area contributed by atoms with Gasteiger partial charge in [-0.15, -0.1) is 0 Å². The molecule has 5 heteroatoms. The highest BCUT2D eigenvalue weighted by Gasteiger charge is 1.79. The molecule has 0 atom stereocenters. The minimum Gasteiger partial charge on any atom is -0.265 e. The van der Waals surface area contributed by atoms with E-state index in [2.05, 4.69) is 22.4 Å². The molecule has 0 N–H and O–H groups in total. The summed E-state index contributed by atoms with van der Waals surface area (Å²) >= 11 is 4.42. The number of aliphatic imine (C=N–C) groups is 1. The van der Waals surface area contributed by atoms with E-state index in [0.29, 0.717) is 0 Å². The van der Waals surface area contributed by atoms with Gasteiger partial charge in [-0.3, -0.25) is 10.1 Å². The van der Waals surface area contributed by atoms with Crippen LogP contribution in [0.1, 0.15) is 6.92 Å². The average molecular weight is 210 g/mol. The topological polar surface area (TPSA) is 55.5 Å². The largest absolute Gasteiger partial charge is 0.265 e. The summed E-state index contributed by atoms with van der Waals surface area (Å²) in [6.45, 7) is 1.53. The molecule has 0 unspecified atom stereocenters. The van der Waals surface area contributed by atoms with Gasteiger partial charge in [0.15, 0.2) is 0 Å². The average Bonchev–Trinajstić information content (AvgIpc) is 2.21. The SMILES string of the molecule is CC[N+](=O)[O-].S=C=Nc1ccccc1. The van der Waals surface area contributed by atoms with E-state index < -0.39 is 0 Å². The zero-order valence-electron chi connectivity index (χ0n) is 7.71. The molecule has 1 rings (SSSR count). The summed E-state index contributed by atoms with van der Waals surface area (Å²) in [5, 5.41) is 11.5. The number of isothiocyanates is 1. The molecule has 0 spiro atoms. The number of nitro groups is 1. The maximum absolute atomic E-state index is 9.17. The predicted octanol–water partition coefficient (Wildman–Crippen LogP) is 2.70. The second-order valence-corrected chi connectivity index (χ2v) is 2.37. The molecular formula is C9H10N2O2S. The molecule has 0 aliphatic carbocycles. The Bertz CT molecular complexity index is 321. The molecule has 0 saturated heterocycles. The molecule has 74 valence electrons. The quantitative estimate of drug-likeness (QED) is 0.326. The Morgan fingerprint density at radius 3 is 2.36 bits per heavy atom. The Labute approximate surface area is 87.4 Å². The van der Waals surface area contributed by atoms with E-state index in [1.54, 1.807) is 0 Å². The zero-order valence-corrected chi connectivity index (χ0v) is 8.53. The van der Waals surface area contributed by atoms with E-state index in [9.17, 15) is 10.1 Å². The number of hydrogen-bond acceptors (Lipinski definition) is 4. The highest BCUT2D eigenvalue weighted by molar-refractivity contribution is 7.78. The van der Waals surface area contributed by atoms with Gasteiger partial charge in [0, 0.05) is 11.8 Å². The van der Waals surface area contributed by atoms with Crippen LogP contribution in [0.3, 0.4) is 0 Å². The summed E-state index contributed by atoms with van der Waals surface area (Å²) in [5.74, 6) is 0. The minimum absolute atomic E-state index is 0.0278. The first-order valence-electron chi connectivity index (χ1n) is 3.95. The molecule has 0 aliphatic rings. The van der Waals surface area contributed by atoms with Gasteiger partial charge in [0.05, 0.1) is 10.8 Å². The van der Waals surface area contributed by atoms with Crippen molar-refractivity contribution < 1.29 is 4.92 Å². The van der Waals surface area contributed by atoms with Crippen molar-refractivity contribution in [3.63, 3.8) is 0 Å². The van der Waals surface area contributed by atoms with Gasteiger partial charge < -0.3 is 0 Å². The molecule has 1 aromatic rings. The fourth-order valence-corrected chi connectivity index (χ4v) is 0.661. The summed E-state index contributed by atoms with van der Waals surface area (Å²) in [7, 11) is 0. The number of hydrogen-bond donors (Lipinski definition) is 0. The van der Waals surface area contributed by atoms with Gasteiger partial charge in [-0.05, 0) is 24.4 Å². The van der Waals surface area contributed by atoms with Gasteiger partial charge in [0.25, 0.3) is 0 Å². The van der Waals surface area contributed by atoms with E-state index in [0.717, 1.165) is 5.69 Å². The van der Waals surface area contributed by atoms with Crippen LogP contribution in [0.25, 0.3) is 0 Å². The second-order valence-electron chi connectivity index (χ2n) is 2.19. The third kappa shape index (κ3) is 7.09. The molecule has 0 heterocycles. The monoisotopic (exact) mass is 210 g/mol. The molecule has 14 heavy (non-hydrogen) atoms. The highest BCUT2D eigenvalue weighted by Crippen LogP contribution is 2.07. The number of para-hydroxylation sites is 1. The lowest BCUT2D eigenvalue weighted by atomic mass is 10.3. The van der Waals surface area contributed by atoms with Crippen molar-refractivity contribution in [2.24, 2.45) is 4.99 Å². The minimum atomic E-state index is -0.375. The number of thiocarbonyl (C=S) groups is 1. The van der Waals surface area contributed by atoms with Gasteiger partial charge >= 0.3 is 0 Å². The number of rotatable bonds is 2. The van der Waals surface area contributed by atoms with Crippen LogP contribution in [0.15, 0.2) is 35.3 Å². The van der Waals surface area contributed by atoms with Gasteiger partial charge in [0.1, 0.15) is 0 Å². The first-order valence-corrected chi connectivity index (χ1v) is 4.36. The Kier molecular flexibility index (Phi) is 7.13. The van der Waals surface area contributed by atoms with Crippen molar-refractivity contribution in [3.05, 3.63) is 40.4 Å². The van der Waals surface area contributed by atoms with Crippen LogP contribution in [0.2, 0.25) is 0 Å². The molecule has 0 aliphatic heterocycles. The van der Waals surface area contributed by atoms with E-state index in [-0.39, 0.29) is 11.5 Å². The van der Waals surface area contributed by atoms with Crippen molar-refractivity contribution in [2.75, 3.05) is 6.54 Å². The van der Waals surface area contributed by atoms with Gasteiger partial charge in [0.2, 0.25) is 6.54 Å². The van der Waals surface area contributed by atoms with Gasteiger partial charge in [-0.1, -0.05) is 18.2 Å². The summed E-state index contributed by atoms with van der Waals surface area (Å²) in [6.07, 6.45) is 0. The number of nitrogens with zero attached hydrogens (tertiary/aromatic N) is 2. The normalized spacial score (nSPS) is 7.79. The van der Waals surface area contributed by atoms with E-state index >= 15 is 0 Å². The first kappa shape index (κ1) is 12.4. The fraction of sp³-hybridized carbons (Fsp3) is 0.222. The van der Waals surface area contributed by atoms with Crippen LogP contribution in [0, 0.1) is 10.1 Å². The maximum Gasteiger partial charge on any atom is 0.201 e. The van der Waals surface area contributed by atoms with Crippen LogP contribution in [0.4, 0.5) is 5.69 Å². The van der Waals surface area contributed by atoms with Crippen molar-refractivity contribution >= 4 is 23.1 Å². The molecule has 0 amide bonds. The predicted molar refractivity (Wildman–Crippen MR) is 58.7 cm³/mol. The lowest BCUT2D eigenvalue weighted by Crippen LogP contribution is -1.92. The second kappa shape index (κ2) is 8.04. The smallest absolute Gasteiger partial charge is 0.201 e. The van der Waals surface area contributed by atoms with Gasteiger partial charge in [-0.2, -0.15) is 4.99 Å². The van der Waals surface area contributed by atoms with Crippen molar-refractivity contribution in [1.82, 2.24) is 0 Å². The maximum atomic E-state index is 9.17.